The molecule has 0 N–H and O–H groups in total. The van der Waals surface area contributed by atoms with E-state index in [0.717, 1.165) is 38.9 Å². The number of fused-ring (bicyclic) bond motifs is 6. The predicted octanol–water partition coefficient (Wildman–Crippen LogP) is 13.5. The van der Waals surface area contributed by atoms with Gasteiger partial charge in [-0.15, -0.1) is 23.3 Å². The van der Waals surface area contributed by atoms with Gasteiger partial charge in [-0.3, -0.25) is 0 Å². The topological polar surface area (TPSA) is 51.8 Å². The Labute approximate surface area is 370 Å². The summed E-state index contributed by atoms with van der Waals surface area (Å²) in [5.41, 5.74) is 9.24. The molecule has 0 saturated heterocycles. The van der Waals surface area contributed by atoms with Crippen LogP contribution < -0.4 is 9.58 Å². The van der Waals surface area contributed by atoms with Gasteiger partial charge in [0.15, 0.2) is 0 Å². The molecule has 5 heterocycles. The quantitative estimate of drug-likeness (QED) is 0.107. The summed E-state index contributed by atoms with van der Waals surface area (Å²) in [6.07, 6.45) is 7.53. The van der Waals surface area contributed by atoms with Gasteiger partial charge >= 0.3 is 205 Å². The fraction of sp³-hybridized carbons (Fsp3) is 0.235. The number of aromatic nitrogens is 3. The maximum Gasteiger partial charge on any atom is 0.0795 e. The average molecular weight is 1050 g/mol. The van der Waals surface area contributed by atoms with Gasteiger partial charge in [-0.05, 0) is 27.0 Å². The van der Waals surface area contributed by atoms with Crippen molar-refractivity contribution in [3.8, 4) is 22.5 Å². The van der Waals surface area contributed by atoms with Crippen LogP contribution in [0.15, 0.2) is 126 Å². The Morgan fingerprint density at radius 3 is 2.03 bits per heavy atom. The second kappa shape index (κ2) is 17.8. The number of pyridine rings is 3. The number of nitrogens with zero attached hydrogens (tertiary/aromatic N) is 3. The van der Waals surface area contributed by atoms with Crippen molar-refractivity contribution in [2.45, 2.75) is 75.9 Å². The molecular formula is C51H51GeIrN3OSSi-2. The van der Waals surface area contributed by atoms with Gasteiger partial charge in [-0.25, -0.2) is 0 Å². The molecule has 1 atom stereocenters. The van der Waals surface area contributed by atoms with Gasteiger partial charge in [-0.1, -0.05) is 62.3 Å². The minimum Gasteiger partial charge on any atom is -0.305 e. The third-order valence-corrected chi connectivity index (χ3v) is 27.2. The van der Waals surface area contributed by atoms with Gasteiger partial charge in [0.1, 0.15) is 0 Å². The fourth-order valence-electron chi connectivity index (χ4n) is 8.52. The number of thiophene rings is 1. The van der Waals surface area contributed by atoms with E-state index in [-0.39, 0.29) is 26.0 Å². The number of hydrogen-bond acceptors (Lipinski definition) is 5. The average Bonchev–Trinajstić information content (AvgIpc) is 3.84. The first-order valence-electron chi connectivity index (χ1n) is 20.6. The van der Waals surface area contributed by atoms with E-state index in [1.165, 1.54) is 62.2 Å². The first-order valence-corrected chi connectivity index (χ1v) is 30.4. The maximum absolute atomic E-state index is 6.12. The summed E-state index contributed by atoms with van der Waals surface area (Å²) >= 11 is -0.213. The number of para-hydroxylation sites is 1. The van der Waals surface area contributed by atoms with Gasteiger partial charge < -0.3 is 4.98 Å². The van der Waals surface area contributed by atoms with E-state index in [2.05, 4.69) is 181 Å². The number of furan rings is 1. The van der Waals surface area contributed by atoms with E-state index < -0.39 is 21.3 Å². The Morgan fingerprint density at radius 2 is 1.37 bits per heavy atom. The summed E-state index contributed by atoms with van der Waals surface area (Å²) < 4.78 is 10.2. The van der Waals surface area contributed by atoms with Crippen molar-refractivity contribution in [1.29, 1.82) is 0 Å². The summed E-state index contributed by atoms with van der Waals surface area (Å²) in [4.78, 5) is 14.4. The Bertz CT molecular complexity index is 2850. The number of rotatable bonds is 9. The Balaban J connectivity index is 0.000000186. The van der Waals surface area contributed by atoms with Crippen LogP contribution in [0.1, 0.15) is 50.3 Å². The molecular weight excluding hydrogens is 996 g/mol. The normalized spacial score (nSPS) is 12.4. The molecule has 0 aliphatic carbocycles. The smallest absolute Gasteiger partial charge is 0.0795 e. The first kappa shape index (κ1) is 42.9. The van der Waals surface area contributed by atoms with E-state index in [0.29, 0.717) is 5.71 Å². The van der Waals surface area contributed by atoms with Gasteiger partial charge in [0, 0.05) is 31.0 Å². The van der Waals surface area contributed by atoms with Crippen LogP contribution in [0.25, 0.3) is 64.8 Å². The van der Waals surface area contributed by atoms with Crippen molar-refractivity contribution in [1.82, 2.24) is 15.0 Å². The zero-order chi connectivity index (χ0) is 40.6. The number of benzene rings is 4. The summed E-state index contributed by atoms with van der Waals surface area (Å²) in [5, 5.41) is 10.1. The third-order valence-electron chi connectivity index (χ3n) is 12.3. The first-order chi connectivity index (χ1) is 28.1. The van der Waals surface area contributed by atoms with Gasteiger partial charge in [-0.2, -0.15) is 11.3 Å². The van der Waals surface area contributed by atoms with Crippen LogP contribution in [0, 0.1) is 19.2 Å². The van der Waals surface area contributed by atoms with Gasteiger partial charge in [0.2, 0.25) is 0 Å². The molecule has 0 fully saturated rings. The molecule has 0 spiro atoms. The second-order valence-corrected chi connectivity index (χ2v) is 33.7. The Morgan fingerprint density at radius 1 is 0.729 bits per heavy atom. The molecule has 4 nitrogen and oxygen atoms in total. The molecule has 0 saturated carbocycles. The van der Waals surface area contributed by atoms with Crippen molar-refractivity contribution in [2.75, 3.05) is 0 Å². The zero-order valence-electron chi connectivity index (χ0n) is 35.2. The van der Waals surface area contributed by atoms with Crippen molar-refractivity contribution in [3.63, 3.8) is 0 Å². The molecule has 0 bridgehead atoms. The summed E-state index contributed by atoms with van der Waals surface area (Å²) in [6.45, 7) is 18.6. The van der Waals surface area contributed by atoms with E-state index in [4.69, 9.17) is 14.4 Å². The van der Waals surface area contributed by atoms with Crippen LogP contribution in [-0.2, 0) is 20.1 Å². The van der Waals surface area contributed by atoms with Crippen LogP contribution in [0.5, 0.6) is 0 Å². The Kier molecular flexibility index (Phi) is 12.9. The SMILES string of the molecule is C[CH2][Ge]([CH2]C)([CH2]C)[c]1ccc(-c2[c-]nc3oc4ccccc4c3c2C(C)c2ccccc2)nc1.Cc1c[c-]c(-c2ccc([Si](C)(C)C)cn2)c2sc3ccccc3c12.[Ir]. The van der Waals surface area contributed by atoms with Gasteiger partial charge in [0.05, 0.1) is 8.07 Å². The minimum atomic E-state index is -2.06. The maximum atomic E-state index is 6.12. The minimum absolute atomic E-state index is 0. The molecule has 5 aromatic heterocycles. The molecule has 301 valence electrons. The fourth-order valence-corrected chi connectivity index (χ4v) is 18.2. The van der Waals surface area contributed by atoms with Crippen LogP contribution in [0.4, 0.5) is 0 Å². The van der Waals surface area contributed by atoms with Crippen molar-refractivity contribution >= 4 is 84.5 Å². The van der Waals surface area contributed by atoms with E-state index in [1.807, 2.05) is 23.5 Å². The van der Waals surface area contributed by atoms with Crippen LogP contribution in [0.2, 0.25) is 35.4 Å². The molecule has 4 aromatic carbocycles. The van der Waals surface area contributed by atoms with Crippen LogP contribution >= 0.6 is 11.3 Å². The van der Waals surface area contributed by atoms with E-state index in [9.17, 15) is 0 Å². The van der Waals surface area contributed by atoms with Crippen LogP contribution in [-0.4, -0.2) is 36.3 Å². The van der Waals surface area contributed by atoms with Crippen molar-refractivity contribution in [3.05, 3.63) is 151 Å². The number of aryl methyl sites for hydroxylation is 1. The monoisotopic (exact) mass is 1050 g/mol. The Hall–Kier alpha value is -4.24. The van der Waals surface area contributed by atoms with Crippen LogP contribution in [0.3, 0.4) is 0 Å². The second-order valence-electron chi connectivity index (χ2n) is 16.5. The zero-order valence-corrected chi connectivity index (χ0v) is 41.5. The van der Waals surface area contributed by atoms with Crippen molar-refractivity contribution in [2.24, 2.45) is 0 Å². The van der Waals surface area contributed by atoms with Gasteiger partial charge in [0.25, 0.3) is 0 Å². The molecule has 8 heteroatoms. The molecule has 0 aliphatic heterocycles. The predicted molar refractivity (Wildman–Crippen MR) is 253 cm³/mol. The molecule has 9 aromatic rings. The summed E-state index contributed by atoms with van der Waals surface area (Å²) in [6, 6.07) is 42.0. The molecule has 1 radical (unpaired) electrons. The molecule has 59 heavy (non-hydrogen) atoms. The summed E-state index contributed by atoms with van der Waals surface area (Å²) in [7, 11) is -1.32. The van der Waals surface area contributed by atoms with Crippen molar-refractivity contribution < 1.29 is 24.5 Å². The standard InChI is InChI=1S/C30H31GeN2O.C21H20NSSi.Ir/c1-5-31(6-2,7-3)23-17-18-26(32-19-23)25-20-33-30-29(24-15-11-12-16-27(24)34-30)28(25)21(4)22-13-9-8-10-14-22;1-14-9-11-16(18-12-10-15(13-22-18)24(2,3)4)21-20(14)17-7-5-6-8-19(17)23-21;/h8-19,21H,5-7H2,1-4H3;5-10,12-13H,1-4H3;/q2*-1;. The largest absolute Gasteiger partial charge is 0.305 e. The third kappa shape index (κ3) is 8.17. The molecule has 1 unspecified atom stereocenters. The molecule has 9 rings (SSSR count). The number of hydrogen-bond donors (Lipinski definition) is 0. The molecule has 0 aliphatic rings. The summed E-state index contributed by atoms with van der Waals surface area (Å²) in [5.74, 6) is 0.138. The van der Waals surface area contributed by atoms with E-state index >= 15 is 0 Å². The van der Waals surface area contributed by atoms with E-state index in [1.54, 1.807) is 0 Å². The molecule has 0 amide bonds.